The van der Waals surface area contributed by atoms with Gasteiger partial charge in [0, 0.05) is 24.9 Å². The molecular formula is C14H25N3O. The summed E-state index contributed by atoms with van der Waals surface area (Å²) in [6.45, 7) is 10.2. The van der Waals surface area contributed by atoms with Crippen molar-refractivity contribution in [3.63, 3.8) is 0 Å². The lowest BCUT2D eigenvalue weighted by molar-refractivity contribution is 0.0548. The maximum absolute atomic E-state index is 5.52. The van der Waals surface area contributed by atoms with E-state index in [0.29, 0.717) is 12.0 Å². The first-order chi connectivity index (χ1) is 8.66. The summed E-state index contributed by atoms with van der Waals surface area (Å²) < 4.78 is 7.62. The van der Waals surface area contributed by atoms with E-state index in [1.54, 1.807) is 0 Å². The Morgan fingerprint density at radius 1 is 1.56 bits per heavy atom. The molecule has 2 rings (SSSR count). The van der Waals surface area contributed by atoms with Gasteiger partial charge in [-0.15, -0.1) is 0 Å². The molecule has 0 spiro atoms. The first kappa shape index (κ1) is 13.6. The second-order valence-corrected chi connectivity index (χ2v) is 5.62. The van der Waals surface area contributed by atoms with Gasteiger partial charge >= 0.3 is 0 Å². The molecule has 0 aromatic carbocycles. The van der Waals surface area contributed by atoms with E-state index in [2.05, 4.69) is 42.1 Å². The fourth-order valence-corrected chi connectivity index (χ4v) is 2.31. The molecule has 1 fully saturated rings. The van der Waals surface area contributed by atoms with Crippen LogP contribution in [-0.2, 0) is 11.3 Å². The van der Waals surface area contributed by atoms with Gasteiger partial charge in [0.25, 0.3) is 0 Å². The van der Waals surface area contributed by atoms with Crippen LogP contribution in [0, 0.1) is 12.8 Å². The predicted molar refractivity (Wildman–Crippen MR) is 72.6 cm³/mol. The fourth-order valence-electron chi connectivity index (χ4n) is 2.31. The van der Waals surface area contributed by atoms with Crippen LogP contribution in [0.25, 0.3) is 0 Å². The minimum atomic E-state index is 0.427. The van der Waals surface area contributed by atoms with Crippen LogP contribution in [0.4, 0.5) is 0 Å². The highest BCUT2D eigenvalue weighted by Gasteiger charge is 2.17. The summed E-state index contributed by atoms with van der Waals surface area (Å²) in [4.78, 5) is 0. The van der Waals surface area contributed by atoms with Gasteiger partial charge in [-0.2, -0.15) is 5.10 Å². The highest BCUT2D eigenvalue weighted by molar-refractivity contribution is 5.15. The average molecular weight is 251 g/mol. The van der Waals surface area contributed by atoms with Crippen LogP contribution < -0.4 is 5.32 Å². The van der Waals surface area contributed by atoms with Gasteiger partial charge in [0.1, 0.15) is 0 Å². The SMILES string of the molecule is Cc1nn(C2CCCOC2)cc1CNCC(C)C. The van der Waals surface area contributed by atoms with Crippen molar-refractivity contribution in [2.45, 2.75) is 46.2 Å². The summed E-state index contributed by atoms with van der Waals surface area (Å²) >= 11 is 0. The van der Waals surface area contributed by atoms with Crippen molar-refractivity contribution in [1.82, 2.24) is 15.1 Å². The van der Waals surface area contributed by atoms with E-state index in [4.69, 9.17) is 4.74 Å². The van der Waals surface area contributed by atoms with Gasteiger partial charge in [-0.1, -0.05) is 13.8 Å². The van der Waals surface area contributed by atoms with E-state index < -0.39 is 0 Å². The number of hydrogen-bond donors (Lipinski definition) is 1. The molecule has 1 aliphatic heterocycles. The van der Waals surface area contributed by atoms with Crippen molar-refractivity contribution < 1.29 is 4.74 Å². The molecule has 0 bridgehead atoms. The van der Waals surface area contributed by atoms with Gasteiger partial charge in [-0.05, 0) is 32.2 Å². The first-order valence-corrected chi connectivity index (χ1v) is 7.00. The number of aryl methyl sites for hydroxylation is 1. The van der Waals surface area contributed by atoms with Crippen LogP contribution in [0.15, 0.2) is 6.20 Å². The predicted octanol–water partition coefficient (Wildman–Crippen LogP) is 2.29. The molecule has 0 radical (unpaired) electrons. The lowest BCUT2D eigenvalue weighted by Gasteiger charge is -2.22. The van der Waals surface area contributed by atoms with Crippen LogP contribution in [0.3, 0.4) is 0 Å². The third-order valence-corrected chi connectivity index (χ3v) is 3.40. The zero-order valence-electron chi connectivity index (χ0n) is 11.8. The van der Waals surface area contributed by atoms with Crippen molar-refractivity contribution in [2.24, 2.45) is 5.92 Å². The maximum Gasteiger partial charge on any atom is 0.0753 e. The Hall–Kier alpha value is -0.870. The Bertz CT molecular complexity index is 367. The van der Waals surface area contributed by atoms with Crippen LogP contribution >= 0.6 is 0 Å². The minimum absolute atomic E-state index is 0.427. The van der Waals surface area contributed by atoms with Gasteiger partial charge in [0.15, 0.2) is 0 Å². The number of nitrogens with one attached hydrogen (secondary N) is 1. The summed E-state index contributed by atoms with van der Waals surface area (Å²) in [6.07, 6.45) is 4.51. The Labute approximate surface area is 110 Å². The molecule has 1 N–H and O–H groups in total. The van der Waals surface area contributed by atoms with Crippen molar-refractivity contribution >= 4 is 0 Å². The number of rotatable bonds is 5. The summed E-state index contributed by atoms with van der Waals surface area (Å²) in [5.74, 6) is 0.687. The summed E-state index contributed by atoms with van der Waals surface area (Å²) in [5.41, 5.74) is 2.44. The molecule has 2 heterocycles. The van der Waals surface area contributed by atoms with Crippen LogP contribution in [0.5, 0.6) is 0 Å². The first-order valence-electron chi connectivity index (χ1n) is 7.00. The Morgan fingerprint density at radius 3 is 3.06 bits per heavy atom. The third-order valence-electron chi connectivity index (χ3n) is 3.40. The second-order valence-electron chi connectivity index (χ2n) is 5.62. The van der Waals surface area contributed by atoms with Gasteiger partial charge in [0.2, 0.25) is 0 Å². The zero-order valence-corrected chi connectivity index (χ0v) is 11.8. The van der Waals surface area contributed by atoms with Gasteiger partial charge in [0.05, 0.1) is 18.3 Å². The lowest BCUT2D eigenvalue weighted by atomic mass is 10.1. The molecule has 18 heavy (non-hydrogen) atoms. The molecule has 0 saturated carbocycles. The summed E-state index contributed by atoms with van der Waals surface area (Å²) in [6, 6.07) is 0.427. The van der Waals surface area contributed by atoms with E-state index in [1.165, 1.54) is 12.0 Å². The molecule has 1 aliphatic rings. The fraction of sp³-hybridized carbons (Fsp3) is 0.786. The molecular weight excluding hydrogens is 226 g/mol. The van der Waals surface area contributed by atoms with E-state index in [0.717, 1.165) is 38.4 Å². The number of nitrogens with zero attached hydrogens (tertiary/aromatic N) is 2. The van der Waals surface area contributed by atoms with Crippen molar-refractivity contribution in [3.05, 3.63) is 17.5 Å². The minimum Gasteiger partial charge on any atom is -0.379 e. The molecule has 1 unspecified atom stereocenters. The van der Waals surface area contributed by atoms with E-state index in [-0.39, 0.29) is 0 Å². The molecule has 1 atom stereocenters. The molecule has 1 aromatic rings. The van der Waals surface area contributed by atoms with Gasteiger partial charge < -0.3 is 10.1 Å². The molecule has 0 aliphatic carbocycles. The topological polar surface area (TPSA) is 39.1 Å². The molecule has 102 valence electrons. The van der Waals surface area contributed by atoms with Crippen LogP contribution in [0.2, 0.25) is 0 Å². The Balaban J connectivity index is 1.93. The molecule has 1 aromatic heterocycles. The molecule has 4 nitrogen and oxygen atoms in total. The van der Waals surface area contributed by atoms with Crippen LogP contribution in [-0.4, -0.2) is 29.5 Å². The van der Waals surface area contributed by atoms with Crippen molar-refractivity contribution in [3.8, 4) is 0 Å². The Kier molecular flexibility index (Phi) is 4.78. The third kappa shape index (κ3) is 3.56. The molecule has 1 saturated heterocycles. The zero-order chi connectivity index (χ0) is 13.0. The normalized spacial score (nSPS) is 20.6. The van der Waals surface area contributed by atoms with Gasteiger partial charge in [-0.25, -0.2) is 0 Å². The van der Waals surface area contributed by atoms with Crippen LogP contribution in [0.1, 0.15) is 44.0 Å². The molecule has 0 amide bonds. The summed E-state index contributed by atoms with van der Waals surface area (Å²) in [7, 11) is 0. The maximum atomic E-state index is 5.52. The second kappa shape index (κ2) is 6.34. The number of hydrogen-bond acceptors (Lipinski definition) is 3. The highest BCUT2D eigenvalue weighted by atomic mass is 16.5. The van der Waals surface area contributed by atoms with Crippen molar-refractivity contribution in [1.29, 1.82) is 0 Å². The number of aromatic nitrogens is 2. The van der Waals surface area contributed by atoms with E-state index in [9.17, 15) is 0 Å². The monoisotopic (exact) mass is 251 g/mol. The van der Waals surface area contributed by atoms with Crippen molar-refractivity contribution in [2.75, 3.05) is 19.8 Å². The smallest absolute Gasteiger partial charge is 0.0753 e. The quantitative estimate of drug-likeness (QED) is 0.872. The molecule has 4 heteroatoms. The lowest BCUT2D eigenvalue weighted by Crippen LogP contribution is -2.21. The van der Waals surface area contributed by atoms with E-state index >= 15 is 0 Å². The van der Waals surface area contributed by atoms with Gasteiger partial charge in [-0.3, -0.25) is 4.68 Å². The van der Waals surface area contributed by atoms with E-state index in [1.807, 2.05) is 0 Å². The summed E-state index contributed by atoms with van der Waals surface area (Å²) in [5, 5.41) is 8.10. The highest BCUT2D eigenvalue weighted by Crippen LogP contribution is 2.20. The largest absolute Gasteiger partial charge is 0.379 e. The standard InChI is InChI=1S/C14H25N3O/c1-11(2)7-15-8-13-9-17(16-12(13)3)14-5-4-6-18-10-14/h9,11,14-15H,4-8,10H2,1-3H3. The Morgan fingerprint density at radius 2 is 2.39 bits per heavy atom. The average Bonchev–Trinajstić information content (AvgIpc) is 2.72. The number of ether oxygens (including phenoxy) is 1.